The molecule has 0 radical (unpaired) electrons. The van der Waals surface area contributed by atoms with Crippen molar-refractivity contribution in [3.05, 3.63) is 56.5 Å². The zero-order chi connectivity index (χ0) is 18.7. The van der Waals surface area contributed by atoms with Gasteiger partial charge in [0.05, 0.1) is 7.11 Å². The van der Waals surface area contributed by atoms with Gasteiger partial charge in [-0.05, 0) is 17.7 Å². The summed E-state index contributed by atoms with van der Waals surface area (Å²) in [6.45, 7) is -1.47. The maximum Gasteiger partial charge on any atom is 0.405 e. The Morgan fingerprint density at radius 3 is 2.64 bits per heavy atom. The van der Waals surface area contributed by atoms with Gasteiger partial charge in [0.2, 0.25) is 6.54 Å². The second kappa shape index (κ2) is 7.18. The predicted molar refractivity (Wildman–Crippen MR) is 83.6 cm³/mol. The normalized spacial score (nSPS) is 13.9. The lowest BCUT2D eigenvalue weighted by Gasteiger charge is -2.32. The summed E-state index contributed by atoms with van der Waals surface area (Å²) in [6.07, 6.45) is -4.86. The van der Waals surface area contributed by atoms with Crippen molar-refractivity contribution >= 4 is 17.1 Å². The highest BCUT2D eigenvalue weighted by molar-refractivity contribution is 7.11. The van der Waals surface area contributed by atoms with Crippen LogP contribution in [0.15, 0.2) is 35.8 Å². The number of hydrogen-bond acceptors (Lipinski definition) is 6. The van der Waals surface area contributed by atoms with Crippen LogP contribution in [0.5, 0.6) is 5.75 Å². The molecule has 0 unspecified atom stereocenters. The summed E-state index contributed by atoms with van der Waals surface area (Å²) >= 11 is 0.882. The first-order chi connectivity index (χ1) is 11.7. The predicted octanol–water partition coefficient (Wildman–Crippen LogP) is 3.50. The molecule has 1 aromatic carbocycles. The number of Topliss-reactive ketones (excluding diaryl/α,β-unsaturated/α-hetero) is 1. The van der Waals surface area contributed by atoms with E-state index in [1.807, 2.05) is 0 Å². The third-order valence-electron chi connectivity index (χ3n) is 3.70. The summed E-state index contributed by atoms with van der Waals surface area (Å²) in [4.78, 5) is 25.9. The average Bonchev–Trinajstić information content (AvgIpc) is 3.07. The molecule has 0 aliphatic carbocycles. The average molecular weight is 374 g/mol. The van der Waals surface area contributed by atoms with Crippen LogP contribution in [0.4, 0.5) is 13.2 Å². The number of rotatable bonds is 7. The van der Waals surface area contributed by atoms with Gasteiger partial charge in [0, 0.05) is 22.9 Å². The van der Waals surface area contributed by atoms with E-state index in [9.17, 15) is 28.1 Å². The Kier molecular flexibility index (Phi) is 5.41. The van der Waals surface area contributed by atoms with Crippen LogP contribution >= 0.6 is 11.3 Å². The van der Waals surface area contributed by atoms with E-state index < -0.39 is 40.8 Å². The van der Waals surface area contributed by atoms with Crippen LogP contribution in [0, 0.1) is 10.1 Å². The molecule has 0 aliphatic heterocycles. The first-order valence-corrected chi connectivity index (χ1v) is 7.83. The fourth-order valence-electron chi connectivity index (χ4n) is 2.45. The Bertz CT molecular complexity index is 764. The molecule has 0 bridgehead atoms. The number of carbonyl (C=O) groups is 1. The van der Waals surface area contributed by atoms with Gasteiger partial charge >= 0.3 is 6.18 Å². The third-order valence-corrected chi connectivity index (χ3v) is 4.51. The molecule has 0 N–H and O–H groups in total. The van der Waals surface area contributed by atoms with Crippen LogP contribution in [0.1, 0.15) is 21.8 Å². The van der Waals surface area contributed by atoms with Gasteiger partial charge in [-0.15, -0.1) is 11.3 Å². The lowest BCUT2D eigenvalue weighted by molar-refractivity contribution is -0.501. The van der Waals surface area contributed by atoms with Gasteiger partial charge in [0.1, 0.15) is 5.75 Å². The SMILES string of the molecule is COc1cccc([C@@](CC(=O)c2nccs2)(C[N+](=O)[O-])C(F)(F)F)c1. The fraction of sp³-hybridized carbons (Fsp3) is 0.333. The van der Waals surface area contributed by atoms with E-state index in [-0.39, 0.29) is 10.8 Å². The summed E-state index contributed by atoms with van der Waals surface area (Å²) in [5.74, 6) is -0.798. The van der Waals surface area contributed by atoms with Gasteiger partial charge in [0.15, 0.2) is 16.2 Å². The van der Waals surface area contributed by atoms with E-state index in [4.69, 9.17) is 4.74 Å². The number of ether oxygens (including phenoxy) is 1. The molecule has 25 heavy (non-hydrogen) atoms. The number of aromatic nitrogens is 1. The molecule has 0 saturated heterocycles. The molecule has 0 saturated carbocycles. The van der Waals surface area contributed by atoms with E-state index in [0.29, 0.717) is 0 Å². The summed E-state index contributed by atoms with van der Waals surface area (Å²) in [5, 5.41) is 12.3. The van der Waals surface area contributed by atoms with Crippen molar-refractivity contribution < 1.29 is 27.6 Å². The number of halogens is 3. The lowest BCUT2D eigenvalue weighted by Crippen LogP contribution is -2.49. The van der Waals surface area contributed by atoms with Crippen LogP contribution in [0.3, 0.4) is 0 Å². The number of hydrogen-bond donors (Lipinski definition) is 0. The van der Waals surface area contributed by atoms with Crippen molar-refractivity contribution in [1.82, 2.24) is 4.98 Å². The molecule has 0 amide bonds. The number of carbonyl (C=O) groups excluding carboxylic acids is 1. The minimum atomic E-state index is -5.03. The molecule has 1 aromatic heterocycles. The molecule has 0 aliphatic rings. The number of methoxy groups -OCH3 is 1. The monoisotopic (exact) mass is 374 g/mol. The highest BCUT2D eigenvalue weighted by atomic mass is 32.1. The van der Waals surface area contributed by atoms with Crippen molar-refractivity contribution in [2.75, 3.05) is 13.7 Å². The summed E-state index contributed by atoms with van der Waals surface area (Å²) < 4.78 is 46.7. The Hall–Kier alpha value is -2.49. The van der Waals surface area contributed by atoms with Gasteiger partial charge in [-0.2, -0.15) is 13.2 Å². The van der Waals surface area contributed by atoms with E-state index in [0.717, 1.165) is 23.5 Å². The van der Waals surface area contributed by atoms with Gasteiger partial charge < -0.3 is 4.74 Å². The molecule has 134 valence electrons. The topological polar surface area (TPSA) is 82.3 Å². The number of nitro groups is 1. The van der Waals surface area contributed by atoms with Crippen molar-refractivity contribution in [2.45, 2.75) is 18.0 Å². The smallest absolute Gasteiger partial charge is 0.405 e. The van der Waals surface area contributed by atoms with Crippen molar-refractivity contribution in [2.24, 2.45) is 0 Å². The highest BCUT2D eigenvalue weighted by Crippen LogP contribution is 2.45. The molecule has 0 fully saturated rings. The molecule has 10 heteroatoms. The molecular weight excluding hydrogens is 361 g/mol. The number of ketones is 1. The molecule has 1 heterocycles. The van der Waals surface area contributed by atoms with E-state index in [2.05, 4.69) is 4.98 Å². The van der Waals surface area contributed by atoms with Gasteiger partial charge in [-0.1, -0.05) is 12.1 Å². The summed E-state index contributed by atoms with van der Waals surface area (Å²) in [6, 6.07) is 4.88. The standard InChI is InChI=1S/C15H13F3N2O4S/c1-24-11-4-2-3-10(7-11)14(9-20(22)23,15(16,17)18)8-12(21)13-19-5-6-25-13/h2-7H,8-9H2,1H3/t14-/m1/s1. The van der Waals surface area contributed by atoms with Crippen molar-refractivity contribution in [3.8, 4) is 5.75 Å². The molecule has 6 nitrogen and oxygen atoms in total. The zero-order valence-corrected chi connectivity index (χ0v) is 13.8. The quantitative estimate of drug-likeness (QED) is 0.421. The second-order valence-corrected chi connectivity index (χ2v) is 6.13. The highest BCUT2D eigenvalue weighted by Gasteiger charge is 2.60. The first-order valence-electron chi connectivity index (χ1n) is 6.95. The van der Waals surface area contributed by atoms with Crippen LogP contribution in [-0.2, 0) is 5.41 Å². The van der Waals surface area contributed by atoms with Crippen LogP contribution in [0.25, 0.3) is 0 Å². The minimum absolute atomic E-state index is 0.108. The van der Waals surface area contributed by atoms with Crippen molar-refractivity contribution in [3.63, 3.8) is 0 Å². The van der Waals surface area contributed by atoms with E-state index >= 15 is 0 Å². The zero-order valence-electron chi connectivity index (χ0n) is 12.9. The second-order valence-electron chi connectivity index (χ2n) is 5.24. The molecule has 2 rings (SSSR count). The largest absolute Gasteiger partial charge is 0.497 e. The third kappa shape index (κ3) is 3.95. The molecular formula is C15H13F3N2O4S. The Morgan fingerprint density at radius 2 is 2.12 bits per heavy atom. The first kappa shape index (κ1) is 18.8. The maximum atomic E-state index is 13.9. The van der Waals surface area contributed by atoms with E-state index in [1.165, 1.54) is 30.8 Å². The van der Waals surface area contributed by atoms with E-state index in [1.54, 1.807) is 0 Å². The molecule has 1 atom stereocenters. The number of alkyl halides is 3. The van der Waals surface area contributed by atoms with Gasteiger partial charge in [-0.25, -0.2) is 4.98 Å². The maximum absolute atomic E-state index is 13.9. The fourth-order valence-corrected chi connectivity index (χ4v) is 3.03. The van der Waals surface area contributed by atoms with Gasteiger partial charge in [0.25, 0.3) is 0 Å². The number of nitrogens with zero attached hydrogens (tertiary/aromatic N) is 2. The minimum Gasteiger partial charge on any atom is -0.497 e. The molecule has 0 spiro atoms. The summed E-state index contributed by atoms with van der Waals surface area (Å²) in [5.41, 5.74) is -3.38. The Labute approximate surface area is 144 Å². The van der Waals surface area contributed by atoms with Crippen molar-refractivity contribution in [1.29, 1.82) is 0 Å². The molecule has 2 aromatic rings. The summed E-state index contributed by atoms with van der Waals surface area (Å²) in [7, 11) is 1.27. The van der Waals surface area contributed by atoms with Crippen LogP contribution in [-0.4, -0.2) is 35.5 Å². The van der Waals surface area contributed by atoms with Crippen LogP contribution in [0.2, 0.25) is 0 Å². The van der Waals surface area contributed by atoms with Gasteiger partial charge in [-0.3, -0.25) is 14.9 Å². The Balaban J connectivity index is 2.59. The lowest BCUT2D eigenvalue weighted by atomic mass is 9.75. The number of thiazole rings is 1. The van der Waals surface area contributed by atoms with Crippen LogP contribution < -0.4 is 4.74 Å². The number of benzene rings is 1. The Morgan fingerprint density at radius 1 is 1.40 bits per heavy atom.